The Morgan fingerprint density at radius 1 is 1.02 bits per heavy atom. The number of imide groups is 1. The standard InChI is InChI=1S/C31H28N6O4S/c38-29-27(42-31(39)36-29)15-23-7-10-33-30(34-23)37-11-8-19(9-12-37)16-32-17-22-13-20-3-1-2-4-24(20)35-28(22)21-5-6-25-26(14-21)41-18-40-25/h1-7,10,13-15,19,32H,8-9,11-12,16-18H2,(H,36,38,39)/b27-15-. The minimum absolute atomic E-state index is 0.243. The van der Waals surface area contributed by atoms with Crippen LogP contribution in [-0.4, -0.2) is 52.5 Å². The lowest BCUT2D eigenvalue weighted by atomic mass is 9.96. The molecule has 2 saturated heterocycles. The summed E-state index contributed by atoms with van der Waals surface area (Å²) < 4.78 is 11.1. The fourth-order valence-corrected chi connectivity index (χ4v) is 6.15. The van der Waals surface area contributed by atoms with Gasteiger partial charge in [-0.2, -0.15) is 0 Å². The van der Waals surface area contributed by atoms with Crippen molar-refractivity contribution >= 4 is 45.8 Å². The van der Waals surface area contributed by atoms with Gasteiger partial charge in [0.2, 0.25) is 12.7 Å². The summed E-state index contributed by atoms with van der Waals surface area (Å²) >= 11 is 0.887. The number of pyridine rings is 1. The number of amides is 2. The minimum atomic E-state index is -0.388. The van der Waals surface area contributed by atoms with E-state index in [1.165, 1.54) is 0 Å². The van der Waals surface area contributed by atoms with Gasteiger partial charge in [-0.1, -0.05) is 18.2 Å². The van der Waals surface area contributed by atoms with Crippen LogP contribution in [0.25, 0.3) is 28.2 Å². The number of aromatic nitrogens is 3. The molecule has 2 fully saturated rings. The van der Waals surface area contributed by atoms with Crippen molar-refractivity contribution in [2.45, 2.75) is 19.4 Å². The van der Waals surface area contributed by atoms with Crippen LogP contribution in [-0.2, 0) is 11.3 Å². The molecule has 2 N–H and O–H groups in total. The number of carbonyl (C=O) groups is 2. The lowest BCUT2D eigenvalue weighted by Gasteiger charge is -2.32. The molecule has 2 amide bonds. The summed E-state index contributed by atoms with van der Waals surface area (Å²) in [4.78, 5) is 40.0. The van der Waals surface area contributed by atoms with Gasteiger partial charge in [0.15, 0.2) is 11.5 Å². The SMILES string of the molecule is O=C1NC(=O)/C(=C/c2ccnc(N3CCC(CNCc4cc5ccccc5nc4-c4ccc5c(c4)OCO5)CC3)n2)S1. The summed E-state index contributed by atoms with van der Waals surface area (Å²) in [5.41, 5.74) is 4.66. The number of fused-ring (bicyclic) bond motifs is 2. The molecule has 2 aromatic carbocycles. The van der Waals surface area contributed by atoms with E-state index in [0.717, 1.165) is 83.5 Å². The Morgan fingerprint density at radius 2 is 1.88 bits per heavy atom. The zero-order chi connectivity index (χ0) is 28.5. The van der Waals surface area contributed by atoms with Gasteiger partial charge in [-0.15, -0.1) is 0 Å². The second-order valence-corrected chi connectivity index (χ2v) is 11.5. The first-order valence-electron chi connectivity index (χ1n) is 13.9. The molecule has 10 nitrogen and oxygen atoms in total. The second-order valence-electron chi connectivity index (χ2n) is 10.5. The Morgan fingerprint density at radius 3 is 2.74 bits per heavy atom. The number of para-hydroxylation sites is 1. The van der Waals surface area contributed by atoms with E-state index in [-0.39, 0.29) is 17.9 Å². The molecule has 3 aliphatic heterocycles. The molecule has 0 aliphatic carbocycles. The molecule has 4 aromatic rings. The summed E-state index contributed by atoms with van der Waals surface area (Å²) in [5, 5.41) is 6.71. The molecule has 2 aromatic heterocycles. The van der Waals surface area contributed by atoms with E-state index in [0.29, 0.717) is 29.0 Å². The number of hydrogen-bond acceptors (Lipinski definition) is 10. The molecule has 42 heavy (non-hydrogen) atoms. The topological polar surface area (TPSA) is 119 Å². The van der Waals surface area contributed by atoms with Gasteiger partial charge in [0.05, 0.1) is 21.8 Å². The number of carbonyl (C=O) groups excluding carboxylic acids is 2. The molecular weight excluding hydrogens is 552 g/mol. The molecule has 0 bridgehead atoms. The van der Waals surface area contributed by atoms with Gasteiger partial charge < -0.3 is 19.7 Å². The zero-order valence-corrected chi connectivity index (χ0v) is 23.5. The number of hydrogen-bond donors (Lipinski definition) is 2. The number of anilines is 1. The number of nitrogens with one attached hydrogen (secondary N) is 2. The molecule has 7 rings (SSSR count). The average Bonchev–Trinajstić information content (AvgIpc) is 3.61. The Bertz CT molecular complexity index is 1720. The number of piperidine rings is 1. The van der Waals surface area contributed by atoms with Crippen molar-refractivity contribution < 1.29 is 19.1 Å². The summed E-state index contributed by atoms with van der Waals surface area (Å²) in [6.07, 6.45) is 5.35. The van der Waals surface area contributed by atoms with Gasteiger partial charge in [0.1, 0.15) is 0 Å². The third-order valence-corrected chi connectivity index (χ3v) is 8.49. The first-order chi connectivity index (χ1) is 20.6. The van der Waals surface area contributed by atoms with Crippen LogP contribution in [0.15, 0.2) is 65.7 Å². The van der Waals surface area contributed by atoms with Crippen LogP contribution < -0.4 is 25.0 Å². The quantitative estimate of drug-likeness (QED) is 0.297. The van der Waals surface area contributed by atoms with Gasteiger partial charge in [-0.05, 0) is 85.1 Å². The van der Waals surface area contributed by atoms with Crippen molar-refractivity contribution in [1.82, 2.24) is 25.6 Å². The van der Waals surface area contributed by atoms with E-state index in [9.17, 15) is 9.59 Å². The lowest BCUT2D eigenvalue weighted by Crippen LogP contribution is -2.38. The van der Waals surface area contributed by atoms with Crippen molar-refractivity contribution in [1.29, 1.82) is 0 Å². The predicted molar refractivity (Wildman–Crippen MR) is 161 cm³/mol. The molecule has 0 atom stereocenters. The van der Waals surface area contributed by atoms with Gasteiger partial charge in [0.25, 0.3) is 11.1 Å². The summed E-state index contributed by atoms with van der Waals surface area (Å²) in [7, 11) is 0. The van der Waals surface area contributed by atoms with Gasteiger partial charge >= 0.3 is 0 Å². The molecule has 0 unspecified atom stereocenters. The normalized spacial score (nSPS) is 17.8. The van der Waals surface area contributed by atoms with Gasteiger partial charge in [-0.25, -0.2) is 15.0 Å². The van der Waals surface area contributed by atoms with Crippen molar-refractivity contribution in [3.8, 4) is 22.8 Å². The first-order valence-corrected chi connectivity index (χ1v) is 14.7. The Kier molecular flexibility index (Phi) is 7.18. The van der Waals surface area contributed by atoms with Crippen LogP contribution in [0.3, 0.4) is 0 Å². The number of ether oxygens (including phenoxy) is 2. The maximum Gasteiger partial charge on any atom is 0.290 e. The van der Waals surface area contributed by atoms with Crippen LogP contribution in [0, 0.1) is 5.92 Å². The average molecular weight is 581 g/mol. The van der Waals surface area contributed by atoms with E-state index < -0.39 is 0 Å². The zero-order valence-electron chi connectivity index (χ0n) is 22.7. The molecule has 5 heterocycles. The van der Waals surface area contributed by atoms with Crippen molar-refractivity contribution in [3.05, 3.63) is 77.0 Å². The minimum Gasteiger partial charge on any atom is -0.454 e. The number of benzene rings is 2. The largest absolute Gasteiger partial charge is 0.454 e. The molecular formula is C31H28N6O4S. The van der Waals surface area contributed by atoms with Crippen molar-refractivity contribution in [2.24, 2.45) is 5.92 Å². The highest BCUT2D eigenvalue weighted by Crippen LogP contribution is 2.37. The molecule has 0 spiro atoms. The number of rotatable bonds is 7. The highest BCUT2D eigenvalue weighted by molar-refractivity contribution is 8.18. The number of thioether (sulfide) groups is 1. The van der Waals surface area contributed by atoms with Crippen LogP contribution in [0.1, 0.15) is 24.1 Å². The fraction of sp³-hybridized carbons (Fsp3) is 0.258. The highest BCUT2D eigenvalue weighted by Gasteiger charge is 2.26. The predicted octanol–water partition coefficient (Wildman–Crippen LogP) is 4.75. The first kappa shape index (κ1) is 26.4. The smallest absolute Gasteiger partial charge is 0.290 e. The lowest BCUT2D eigenvalue weighted by molar-refractivity contribution is -0.115. The maximum atomic E-state index is 11.9. The van der Waals surface area contributed by atoms with Crippen LogP contribution in [0.2, 0.25) is 0 Å². The van der Waals surface area contributed by atoms with Gasteiger partial charge in [-0.3, -0.25) is 14.9 Å². The van der Waals surface area contributed by atoms with Crippen LogP contribution >= 0.6 is 11.8 Å². The Labute approximate surface area is 246 Å². The Balaban J connectivity index is 0.995. The van der Waals surface area contributed by atoms with E-state index in [4.69, 9.17) is 14.5 Å². The van der Waals surface area contributed by atoms with E-state index in [1.807, 2.05) is 36.4 Å². The molecule has 0 saturated carbocycles. The van der Waals surface area contributed by atoms with Crippen LogP contribution in [0.5, 0.6) is 11.5 Å². The highest BCUT2D eigenvalue weighted by atomic mass is 32.2. The monoisotopic (exact) mass is 580 g/mol. The number of nitrogens with zero attached hydrogens (tertiary/aromatic N) is 4. The van der Waals surface area contributed by atoms with E-state index >= 15 is 0 Å². The molecule has 0 radical (unpaired) electrons. The third-order valence-electron chi connectivity index (χ3n) is 7.68. The maximum absolute atomic E-state index is 11.9. The molecule has 212 valence electrons. The van der Waals surface area contributed by atoms with E-state index in [2.05, 4.69) is 37.6 Å². The second kappa shape index (κ2) is 11.4. The van der Waals surface area contributed by atoms with Gasteiger partial charge in [0, 0.05) is 36.8 Å². The molecule has 11 heteroatoms. The van der Waals surface area contributed by atoms with Crippen molar-refractivity contribution in [2.75, 3.05) is 31.3 Å². The summed E-state index contributed by atoms with van der Waals surface area (Å²) in [6.45, 7) is 3.54. The summed E-state index contributed by atoms with van der Waals surface area (Å²) in [5.74, 6) is 2.29. The summed E-state index contributed by atoms with van der Waals surface area (Å²) in [6, 6.07) is 18.1. The third kappa shape index (κ3) is 5.53. The van der Waals surface area contributed by atoms with Crippen molar-refractivity contribution in [3.63, 3.8) is 0 Å². The Hall–Kier alpha value is -4.48. The van der Waals surface area contributed by atoms with Crippen LogP contribution in [0.4, 0.5) is 10.7 Å². The fourth-order valence-electron chi connectivity index (χ4n) is 5.49. The molecule has 3 aliphatic rings. The van der Waals surface area contributed by atoms with E-state index in [1.54, 1.807) is 18.3 Å².